The van der Waals surface area contributed by atoms with Gasteiger partial charge in [0.1, 0.15) is 11.6 Å². The quantitative estimate of drug-likeness (QED) is 0.678. The highest BCUT2D eigenvalue weighted by Gasteiger charge is 2.23. The van der Waals surface area contributed by atoms with Gasteiger partial charge in [-0.2, -0.15) is 0 Å². The highest BCUT2D eigenvalue weighted by atomic mass is 35.5. The summed E-state index contributed by atoms with van der Waals surface area (Å²) in [7, 11) is 0. The van der Waals surface area contributed by atoms with Crippen LogP contribution in [0.3, 0.4) is 0 Å². The number of amides is 1. The van der Waals surface area contributed by atoms with E-state index in [1.807, 2.05) is 4.90 Å². The molecule has 0 atom stereocenters. The Bertz CT molecular complexity index is 899. The maximum Gasteiger partial charge on any atom is 0.260 e. The molecule has 0 N–H and O–H groups in total. The molecule has 2 aromatic rings. The maximum absolute atomic E-state index is 14.3. The molecule has 1 aliphatic rings. The molecule has 1 saturated heterocycles. The third-order valence-corrected chi connectivity index (χ3v) is 5.12. The lowest BCUT2D eigenvalue weighted by Crippen LogP contribution is -2.50. The van der Waals surface area contributed by atoms with Crippen molar-refractivity contribution in [3.05, 3.63) is 57.8 Å². The molecule has 0 bridgehead atoms. The molecule has 0 unspecified atom stereocenters. The molecule has 0 aliphatic carbocycles. The van der Waals surface area contributed by atoms with E-state index in [0.29, 0.717) is 53.2 Å². The number of halogens is 3. The molecule has 8 heteroatoms. The zero-order valence-electron chi connectivity index (χ0n) is 15.3. The molecule has 0 spiro atoms. The molecule has 2 aromatic carbocycles. The van der Waals surface area contributed by atoms with Crippen LogP contribution in [-0.4, -0.2) is 49.4 Å². The lowest BCUT2D eigenvalue weighted by molar-refractivity contribution is -0.133. The highest BCUT2D eigenvalue weighted by Crippen LogP contribution is 2.28. The van der Waals surface area contributed by atoms with Crippen molar-refractivity contribution in [1.82, 2.24) is 4.90 Å². The second-order valence-corrected chi connectivity index (χ2v) is 7.30. The predicted molar refractivity (Wildman–Crippen MR) is 107 cm³/mol. The van der Waals surface area contributed by atoms with E-state index in [4.69, 9.17) is 27.9 Å². The number of benzene rings is 2. The first kappa shape index (κ1) is 20.4. The summed E-state index contributed by atoms with van der Waals surface area (Å²) in [6, 6.07) is 9.27. The van der Waals surface area contributed by atoms with Gasteiger partial charge >= 0.3 is 0 Å². The standard InChI is InChI=1S/C20H19Cl2FN2O3/c1-13(26)14-2-5-18(17(23)10-14)24-6-8-25(9-7-24)20(27)12-28-19-11-15(21)3-4-16(19)22/h2-5,10-11H,6-9,12H2,1H3. The topological polar surface area (TPSA) is 49.9 Å². The van der Waals surface area contributed by atoms with Gasteiger partial charge < -0.3 is 14.5 Å². The Balaban J connectivity index is 1.55. The summed E-state index contributed by atoms with van der Waals surface area (Å²) in [6.45, 7) is 3.11. The molecule has 148 valence electrons. The van der Waals surface area contributed by atoms with Crippen LogP contribution >= 0.6 is 23.2 Å². The average molecular weight is 425 g/mol. The maximum atomic E-state index is 14.3. The van der Waals surface area contributed by atoms with Crippen molar-refractivity contribution in [2.45, 2.75) is 6.92 Å². The lowest BCUT2D eigenvalue weighted by atomic mass is 10.1. The minimum Gasteiger partial charge on any atom is -0.482 e. The van der Waals surface area contributed by atoms with E-state index in [1.165, 1.54) is 13.0 Å². The minimum absolute atomic E-state index is 0.151. The highest BCUT2D eigenvalue weighted by molar-refractivity contribution is 6.34. The van der Waals surface area contributed by atoms with Crippen LogP contribution in [0.1, 0.15) is 17.3 Å². The van der Waals surface area contributed by atoms with E-state index in [9.17, 15) is 14.0 Å². The fourth-order valence-electron chi connectivity index (χ4n) is 3.00. The van der Waals surface area contributed by atoms with Crippen LogP contribution in [-0.2, 0) is 4.79 Å². The van der Waals surface area contributed by atoms with Crippen LogP contribution in [0.25, 0.3) is 0 Å². The number of piperazine rings is 1. The summed E-state index contributed by atoms with van der Waals surface area (Å²) < 4.78 is 19.8. The van der Waals surface area contributed by atoms with Crippen molar-refractivity contribution < 1.29 is 18.7 Å². The Morgan fingerprint density at radius 2 is 1.79 bits per heavy atom. The molecular formula is C20H19Cl2FN2O3. The molecular weight excluding hydrogens is 406 g/mol. The SMILES string of the molecule is CC(=O)c1ccc(N2CCN(C(=O)COc3cc(Cl)ccc3Cl)CC2)c(F)c1. The molecule has 3 rings (SSSR count). The van der Waals surface area contributed by atoms with Gasteiger partial charge in [-0.1, -0.05) is 23.2 Å². The van der Waals surface area contributed by atoms with Crippen molar-refractivity contribution in [2.75, 3.05) is 37.7 Å². The van der Waals surface area contributed by atoms with Crippen molar-refractivity contribution in [3.63, 3.8) is 0 Å². The Morgan fingerprint density at radius 1 is 1.07 bits per heavy atom. The number of hydrogen-bond donors (Lipinski definition) is 0. The molecule has 1 heterocycles. The molecule has 1 amide bonds. The van der Waals surface area contributed by atoms with Gasteiger partial charge in [0.2, 0.25) is 0 Å². The summed E-state index contributed by atoms with van der Waals surface area (Å²) in [5.74, 6) is -0.441. The lowest BCUT2D eigenvalue weighted by Gasteiger charge is -2.36. The van der Waals surface area contributed by atoms with Crippen molar-refractivity contribution in [2.24, 2.45) is 0 Å². The summed E-state index contributed by atoms with van der Waals surface area (Å²) in [5, 5.41) is 0.852. The fourth-order valence-corrected chi connectivity index (χ4v) is 3.33. The van der Waals surface area contributed by atoms with Gasteiger partial charge in [0, 0.05) is 42.8 Å². The Hall–Kier alpha value is -2.31. The van der Waals surface area contributed by atoms with E-state index in [0.717, 1.165) is 0 Å². The van der Waals surface area contributed by atoms with Crippen molar-refractivity contribution in [1.29, 1.82) is 0 Å². The van der Waals surface area contributed by atoms with Gasteiger partial charge in [-0.25, -0.2) is 4.39 Å². The van der Waals surface area contributed by atoms with Gasteiger partial charge in [0.25, 0.3) is 5.91 Å². The summed E-state index contributed by atoms with van der Waals surface area (Å²) in [6.07, 6.45) is 0. The first-order chi connectivity index (χ1) is 13.3. The Labute approximate surface area is 172 Å². The van der Waals surface area contributed by atoms with E-state index in [2.05, 4.69) is 0 Å². The molecule has 1 fully saturated rings. The summed E-state index contributed by atoms with van der Waals surface area (Å²) in [5.41, 5.74) is 0.769. The van der Waals surface area contributed by atoms with E-state index < -0.39 is 5.82 Å². The zero-order valence-corrected chi connectivity index (χ0v) is 16.8. The molecule has 0 aromatic heterocycles. The minimum atomic E-state index is -0.439. The first-order valence-electron chi connectivity index (χ1n) is 8.76. The number of Topliss-reactive ketones (excluding diaryl/α,β-unsaturated/α-hetero) is 1. The number of carbonyl (C=O) groups is 2. The Morgan fingerprint density at radius 3 is 2.43 bits per heavy atom. The van der Waals surface area contributed by atoms with Crippen LogP contribution in [0.5, 0.6) is 5.75 Å². The van der Waals surface area contributed by atoms with Crippen LogP contribution < -0.4 is 9.64 Å². The monoisotopic (exact) mass is 424 g/mol. The van der Waals surface area contributed by atoms with Crippen LogP contribution in [0.2, 0.25) is 10.0 Å². The van der Waals surface area contributed by atoms with E-state index >= 15 is 0 Å². The third kappa shape index (κ3) is 4.75. The van der Waals surface area contributed by atoms with E-state index in [-0.39, 0.29) is 18.3 Å². The Kier molecular flexibility index (Phi) is 6.42. The molecule has 0 radical (unpaired) electrons. The van der Waals surface area contributed by atoms with Crippen molar-refractivity contribution >= 4 is 40.6 Å². The fraction of sp³-hybridized carbons (Fsp3) is 0.300. The predicted octanol–water partition coefficient (Wildman–Crippen LogP) is 4.06. The number of anilines is 1. The van der Waals surface area contributed by atoms with Gasteiger partial charge in [0.05, 0.1) is 10.7 Å². The molecule has 5 nitrogen and oxygen atoms in total. The smallest absolute Gasteiger partial charge is 0.260 e. The third-order valence-electron chi connectivity index (χ3n) is 4.57. The van der Waals surface area contributed by atoms with E-state index in [1.54, 1.807) is 35.2 Å². The summed E-state index contributed by atoms with van der Waals surface area (Å²) >= 11 is 11.9. The second-order valence-electron chi connectivity index (χ2n) is 6.45. The van der Waals surface area contributed by atoms with Crippen LogP contribution in [0.4, 0.5) is 10.1 Å². The van der Waals surface area contributed by atoms with Gasteiger partial charge in [-0.15, -0.1) is 0 Å². The number of ketones is 1. The zero-order chi connectivity index (χ0) is 20.3. The second kappa shape index (κ2) is 8.80. The van der Waals surface area contributed by atoms with Crippen LogP contribution in [0, 0.1) is 5.82 Å². The number of nitrogens with zero attached hydrogens (tertiary/aromatic N) is 2. The number of rotatable bonds is 5. The van der Waals surface area contributed by atoms with Gasteiger partial charge in [-0.05, 0) is 37.3 Å². The number of hydrogen-bond acceptors (Lipinski definition) is 4. The average Bonchev–Trinajstić information content (AvgIpc) is 2.68. The van der Waals surface area contributed by atoms with Crippen molar-refractivity contribution in [3.8, 4) is 5.75 Å². The summed E-state index contributed by atoms with van der Waals surface area (Å²) in [4.78, 5) is 27.3. The molecule has 1 aliphatic heterocycles. The number of carbonyl (C=O) groups excluding carboxylic acids is 2. The molecule has 0 saturated carbocycles. The van der Waals surface area contributed by atoms with Gasteiger partial charge in [-0.3, -0.25) is 9.59 Å². The normalized spacial score (nSPS) is 14.1. The molecule has 28 heavy (non-hydrogen) atoms. The van der Waals surface area contributed by atoms with Gasteiger partial charge in [0.15, 0.2) is 12.4 Å². The first-order valence-corrected chi connectivity index (χ1v) is 9.52. The van der Waals surface area contributed by atoms with Crippen LogP contribution in [0.15, 0.2) is 36.4 Å². The number of ether oxygens (including phenoxy) is 1. The largest absolute Gasteiger partial charge is 0.482 e.